The average molecular weight is 242 g/mol. The van der Waals surface area contributed by atoms with Crippen LogP contribution >= 0.6 is 11.6 Å². The van der Waals surface area contributed by atoms with E-state index in [1.165, 1.54) is 0 Å². The van der Waals surface area contributed by atoms with Gasteiger partial charge in [0.25, 0.3) is 0 Å². The molecule has 16 heavy (non-hydrogen) atoms. The Hall–Kier alpha value is -1.44. The molecule has 0 saturated heterocycles. The van der Waals surface area contributed by atoms with E-state index in [-0.39, 0.29) is 16.8 Å². The molecule has 0 aromatic carbocycles. The monoisotopic (exact) mass is 242 g/mol. The number of rotatable bonds is 3. The fraction of sp³-hybridized carbons (Fsp3) is 0.125. The number of hydrogen-bond donors (Lipinski definition) is 1. The summed E-state index contributed by atoms with van der Waals surface area (Å²) in [5, 5.41) is 6.90. The molecule has 0 spiro atoms. The van der Waals surface area contributed by atoms with Crippen molar-refractivity contribution in [1.29, 1.82) is 0 Å². The molecule has 0 atom stereocenters. The van der Waals surface area contributed by atoms with E-state index in [0.29, 0.717) is 11.4 Å². The summed E-state index contributed by atoms with van der Waals surface area (Å²) in [7, 11) is 0. The van der Waals surface area contributed by atoms with Crippen LogP contribution in [-0.4, -0.2) is 22.4 Å². The highest BCUT2D eigenvalue weighted by molar-refractivity contribution is 8.35. The van der Waals surface area contributed by atoms with Crippen molar-refractivity contribution >= 4 is 29.0 Å². The van der Waals surface area contributed by atoms with Gasteiger partial charge in [-0.2, -0.15) is 5.10 Å². The lowest BCUT2D eigenvalue weighted by Gasteiger charge is -1.96. The van der Waals surface area contributed by atoms with Crippen LogP contribution in [0.3, 0.4) is 0 Å². The Balaban J connectivity index is 2.71. The molecule has 1 heterocycles. The van der Waals surface area contributed by atoms with Gasteiger partial charge < -0.3 is 5.73 Å². The summed E-state index contributed by atoms with van der Waals surface area (Å²) in [5.74, 6) is 0. The summed E-state index contributed by atoms with van der Waals surface area (Å²) >= 11 is 0.159. The largest absolute Gasteiger partial charge is 0.616 e. The van der Waals surface area contributed by atoms with Crippen molar-refractivity contribution in [2.24, 2.45) is 15.9 Å². The minimum absolute atomic E-state index is 0.159. The molecular weight excluding hydrogens is 233 g/mol. The molecule has 0 unspecified atom stereocenters. The second-order valence-corrected chi connectivity index (χ2v) is 3.73. The number of amidine groups is 1. The van der Waals surface area contributed by atoms with E-state index in [2.05, 4.69) is 15.2 Å². The summed E-state index contributed by atoms with van der Waals surface area (Å²) in [6, 6.07) is 5.30. The first kappa shape index (κ1) is 12.6. The topological polar surface area (TPSA) is 63.6 Å². The third-order valence-corrected chi connectivity index (χ3v) is 2.05. The molecule has 0 bridgehead atoms. The SMILES string of the molecule is C/C(=N\N=C(\N)SB(F)F)c1ccccn1. The van der Waals surface area contributed by atoms with Crippen LogP contribution in [-0.2, 0) is 0 Å². The first-order valence-electron chi connectivity index (χ1n) is 4.33. The second-order valence-electron chi connectivity index (χ2n) is 2.72. The molecule has 0 fully saturated rings. The lowest BCUT2D eigenvalue weighted by molar-refractivity contribution is 0.701. The van der Waals surface area contributed by atoms with Gasteiger partial charge in [-0.15, -0.1) is 5.10 Å². The minimum atomic E-state index is -2.59. The Morgan fingerprint density at radius 1 is 1.44 bits per heavy atom. The quantitative estimate of drug-likeness (QED) is 0.380. The summed E-state index contributed by atoms with van der Waals surface area (Å²) in [5.41, 5.74) is 6.34. The van der Waals surface area contributed by atoms with Crippen LogP contribution in [0.5, 0.6) is 0 Å². The molecule has 4 nitrogen and oxygen atoms in total. The van der Waals surface area contributed by atoms with E-state index in [0.717, 1.165) is 0 Å². The summed E-state index contributed by atoms with van der Waals surface area (Å²) in [6.07, 6.45) is 1.61. The van der Waals surface area contributed by atoms with Gasteiger partial charge in [0.15, 0.2) is 5.17 Å². The molecule has 0 amide bonds. The van der Waals surface area contributed by atoms with Crippen LogP contribution in [0.1, 0.15) is 12.6 Å². The van der Waals surface area contributed by atoms with Gasteiger partial charge in [-0.3, -0.25) is 13.6 Å². The maximum absolute atomic E-state index is 11.9. The van der Waals surface area contributed by atoms with Gasteiger partial charge >= 0.3 is 6.55 Å². The highest BCUT2D eigenvalue weighted by atomic mass is 32.2. The minimum Gasteiger partial charge on any atom is -0.377 e. The molecule has 1 rings (SSSR count). The smallest absolute Gasteiger partial charge is 0.377 e. The maximum atomic E-state index is 11.9. The van der Waals surface area contributed by atoms with Crippen molar-refractivity contribution in [2.75, 3.05) is 0 Å². The van der Waals surface area contributed by atoms with Crippen LogP contribution in [0.15, 0.2) is 34.6 Å². The van der Waals surface area contributed by atoms with Gasteiger partial charge in [-0.05, 0) is 19.1 Å². The van der Waals surface area contributed by atoms with Crippen LogP contribution in [0, 0.1) is 0 Å². The summed E-state index contributed by atoms with van der Waals surface area (Å²) in [4.78, 5) is 4.02. The molecular formula is C8H9BF2N4S. The van der Waals surface area contributed by atoms with Crippen molar-refractivity contribution in [3.63, 3.8) is 0 Å². The zero-order valence-corrected chi connectivity index (χ0v) is 9.29. The fourth-order valence-corrected chi connectivity index (χ4v) is 1.14. The molecule has 0 aliphatic carbocycles. The Morgan fingerprint density at radius 3 is 2.75 bits per heavy atom. The molecule has 1 aromatic heterocycles. The van der Waals surface area contributed by atoms with Gasteiger partial charge in [-0.1, -0.05) is 17.7 Å². The predicted molar refractivity (Wildman–Crippen MR) is 63.6 cm³/mol. The Labute approximate surface area is 96.1 Å². The van der Waals surface area contributed by atoms with E-state index < -0.39 is 6.55 Å². The first-order valence-corrected chi connectivity index (χ1v) is 5.21. The molecule has 84 valence electrons. The van der Waals surface area contributed by atoms with Gasteiger partial charge in [0.1, 0.15) is 0 Å². The molecule has 0 aliphatic rings. The number of pyridine rings is 1. The number of aromatic nitrogens is 1. The van der Waals surface area contributed by atoms with E-state index in [1.807, 2.05) is 0 Å². The van der Waals surface area contributed by atoms with Crippen molar-refractivity contribution < 1.29 is 8.63 Å². The lowest BCUT2D eigenvalue weighted by Crippen LogP contribution is -2.10. The highest BCUT2D eigenvalue weighted by Crippen LogP contribution is 2.08. The van der Waals surface area contributed by atoms with Crippen molar-refractivity contribution in [3.8, 4) is 0 Å². The normalized spacial score (nSPS) is 12.7. The summed E-state index contributed by atoms with van der Waals surface area (Å²) < 4.78 is 23.7. The van der Waals surface area contributed by atoms with E-state index in [9.17, 15) is 8.63 Å². The number of nitrogens with zero attached hydrogens (tertiary/aromatic N) is 3. The standard InChI is InChI=1S/C8H9BF2N4S/c1-6(7-4-2-3-5-13-7)14-15-8(12)16-9(10)11/h2-5H,1H3,(H2,12,15)/b14-6+. The molecule has 1 aromatic rings. The number of hydrogen-bond acceptors (Lipinski definition) is 4. The van der Waals surface area contributed by atoms with Gasteiger partial charge in [0, 0.05) is 6.20 Å². The summed E-state index contributed by atoms with van der Waals surface area (Å²) in [6.45, 7) is -0.916. The van der Waals surface area contributed by atoms with Crippen molar-refractivity contribution in [3.05, 3.63) is 30.1 Å². The third-order valence-electron chi connectivity index (χ3n) is 1.54. The predicted octanol–water partition coefficient (Wildman–Crippen LogP) is 1.78. The molecule has 0 saturated carbocycles. The Bertz CT molecular complexity index is 396. The number of nitrogens with two attached hydrogens (primary N) is 1. The van der Waals surface area contributed by atoms with E-state index >= 15 is 0 Å². The molecule has 2 N–H and O–H groups in total. The van der Waals surface area contributed by atoms with Crippen LogP contribution in [0.2, 0.25) is 0 Å². The maximum Gasteiger partial charge on any atom is 0.616 e. The van der Waals surface area contributed by atoms with Crippen molar-refractivity contribution in [1.82, 2.24) is 4.98 Å². The first-order chi connectivity index (χ1) is 7.59. The highest BCUT2D eigenvalue weighted by Gasteiger charge is 2.15. The van der Waals surface area contributed by atoms with Crippen LogP contribution < -0.4 is 5.73 Å². The number of halogens is 2. The van der Waals surface area contributed by atoms with Gasteiger partial charge in [-0.25, -0.2) is 0 Å². The zero-order valence-electron chi connectivity index (χ0n) is 8.47. The molecule has 0 aliphatic heterocycles. The van der Waals surface area contributed by atoms with Gasteiger partial charge in [0.2, 0.25) is 0 Å². The Morgan fingerprint density at radius 2 is 2.19 bits per heavy atom. The average Bonchev–Trinajstić information content (AvgIpc) is 2.26. The van der Waals surface area contributed by atoms with Crippen LogP contribution in [0.25, 0.3) is 0 Å². The van der Waals surface area contributed by atoms with Gasteiger partial charge in [0.05, 0.1) is 11.4 Å². The zero-order chi connectivity index (χ0) is 12.0. The van der Waals surface area contributed by atoms with E-state index in [1.54, 1.807) is 31.3 Å². The van der Waals surface area contributed by atoms with Crippen molar-refractivity contribution in [2.45, 2.75) is 6.92 Å². The lowest BCUT2D eigenvalue weighted by atomic mass is 10.3. The second kappa shape index (κ2) is 6.21. The van der Waals surface area contributed by atoms with Crippen LogP contribution in [0.4, 0.5) is 8.63 Å². The molecule has 0 radical (unpaired) electrons. The fourth-order valence-electron chi connectivity index (χ4n) is 0.867. The Kier molecular flexibility index (Phi) is 4.91. The van der Waals surface area contributed by atoms with E-state index in [4.69, 9.17) is 5.73 Å². The third kappa shape index (κ3) is 4.39. The molecule has 8 heteroatoms.